The fourth-order valence-electron chi connectivity index (χ4n) is 2.27. The molecular weight excluding hydrogens is 266 g/mol. The maximum Gasteiger partial charge on any atom is 0.0597 e. The van der Waals surface area contributed by atoms with Crippen LogP contribution in [-0.4, -0.2) is 32.6 Å². The molecular formula is C12H20BrN3. The highest BCUT2D eigenvalue weighted by Crippen LogP contribution is 2.26. The van der Waals surface area contributed by atoms with E-state index in [2.05, 4.69) is 38.9 Å². The topological polar surface area (TPSA) is 21.1 Å². The third-order valence-corrected chi connectivity index (χ3v) is 3.78. The normalized spacial score (nSPS) is 16.8. The average molecular weight is 286 g/mol. The van der Waals surface area contributed by atoms with Crippen molar-refractivity contribution >= 4 is 15.9 Å². The van der Waals surface area contributed by atoms with Gasteiger partial charge in [-0.3, -0.25) is 9.58 Å². The number of nitrogens with zero attached hydrogens (tertiary/aromatic N) is 3. The maximum atomic E-state index is 4.41. The highest BCUT2D eigenvalue weighted by atomic mass is 79.9. The van der Waals surface area contributed by atoms with Crippen LogP contribution < -0.4 is 0 Å². The molecule has 0 saturated heterocycles. The third-order valence-electron chi connectivity index (χ3n) is 3.43. The maximum absolute atomic E-state index is 4.41. The molecule has 0 aromatic carbocycles. The van der Waals surface area contributed by atoms with Gasteiger partial charge in [0.1, 0.15) is 0 Å². The molecule has 0 N–H and O–H groups in total. The van der Waals surface area contributed by atoms with E-state index in [0.29, 0.717) is 0 Å². The van der Waals surface area contributed by atoms with Gasteiger partial charge >= 0.3 is 0 Å². The van der Waals surface area contributed by atoms with Gasteiger partial charge in [-0.25, -0.2) is 0 Å². The summed E-state index contributed by atoms with van der Waals surface area (Å²) in [5, 5.41) is 5.46. The SMILES string of the molecule is Cc1cc(CN(CCBr)C2CCC2)n(C)n1. The van der Waals surface area contributed by atoms with Crippen LogP contribution in [0.5, 0.6) is 0 Å². The van der Waals surface area contributed by atoms with E-state index in [-0.39, 0.29) is 0 Å². The van der Waals surface area contributed by atoms with Gasteiger partial charge in [-0.05, 0) is 25.8 Å². The molecule has 16 heavy (non-hydrogen) atoms. The molecule has 2 rings (SSSR count). The Balaban J connectivity index is 2.01. The lowest BCUT2D eigenvalue weighted by molar-refractivity contribution is 0.125. The highest BCUT2D eigenvalue weighted by molar-refractivity contribution is 9.09. The van der Waals surface area contributed by atoms with E-state index in [4.69, 9.17) is 0 Å². The van der Waals surface area contributed by atoms with Crippen molar-refractivity contribution in [1.82, 2.24) is 14.7 Å². The van der Waals surface area contributed by atoms with Crippen LogP contribution in [-0.2, 0) is 13.6 Å². The fraction of sp³-hybridized carbons (Fsp3) is 0.750. The zero-order chi connectivity index (χ0) is 11.5. The number of aryl methyl sites for hydroxylation is 2. The summed E-state index contributed by atoms with van der Waals surface area (Å²) in [6.07, 6.45) is 4.13. The van der Waals surface area contributed by atoms with Crippen LogP contribution in [0.25, 0.3) is 0 Å². The van der Waals surface area contributed by atoms with Gasteiger partial charge in [-0.15, -0.1) is 0 Å². The molecule has 0 unspecified atom stereocenters. The largest absolute Gasteiger partial charge is 0.294 e. The number of alkyl halides is 1. The number of aromatic nitrogens is 2. The van der Waals surface area contributed by atoms with Crippen molar-refractivity contribution in [2.45, 2.75) is 38.8 Å². The Morgan fingerprint density at radius 3 is 2.75 bits per heavy atom. The van der Waals surface area contributed by atoms with Crippen LogP contribution in [0.3, 0.4) is 0 Å². The summed E-state index contributed by atoms with van der Waals surface area (Å²) in [6.45, 7) is 4.23. The van der Waals surface area contributed by atoms with Crippen LogP contribution in [0.15, 0.2) is 6.07 Å². The quantitative estimate of drug-likeness (QED) is 0.775. The second-order valence-electron chi connectivity index (χ2n) is 4.64. The molecule has 1 aromatic rings. The highest BCUT2D eigenvalue weighted by Gasteiger charge is 2.25. The first kappa shape index (κ1) is 12.1. The van der Waals surface area contributed by atoms with Crippen LogP contribution in [0, 0.1) is 6.92 Å². The number of halogens is 1. The lowest BCUT2D eigenvalue weighted by Gasteiger charge is -2.37. The summed E-state index contributed by atoms with van der Waals surface area (Å²) < 4.78 is 2.01. The molecule has 1 saturated carbocycles. The molecule has 0 bridgehead atoms. The van der Waals surface area contributed by atoms with Crippen molar-refractivity contribution < 1.29 is 0 Å². The van der Waals surface area contributed by atoms with E-state index in [0.717, 1.165) is 30.2 Å². The van der Waals surface area contributed by atoms with Gasteiger partial charge in [-0.2, -0.15) is 5.10 Å². The summed E-state index contributed by atoms with van der Waals surface area (Å²) >= 11 is 3.54. The summed E-state index contributed by atoms with van der Waals surface area (Å²) in [7, 11) is 2.04. The monoisotopic (exact) mass is 285 g/mol. The lowest BCUT2D eigenvalue weighted by Crippen LogP contribution is -2.41. The molecule has 0 atom stereocenters. The Kier molecular flexibility index (Phi) is 4.03. The summed E-state index contributed by atoms with van der Waals surface area (Å²) in [5.41, 5.74) is 2.44. The molecule has 1 heterocycles. The smallest absolute Gasteiger partial charge is 0.0597 e. The molecule has 1 aliphatic rings. The van der Waals surface area contributed by atoms with Crippen molar-refractivity contribution in [2.75, 3.05) is 11.9 Å². The molecule has 0 radical (unpaired) electrons. The minimum Gasteiger partial charge on any atom is -0.294 e. The zero-order valence-corrected chi connectivity index (χ0v) is 11.7. The molecule has 1 aromatic heterocycles. The Morgan fingerprint density at radius 2 is 2.31 bits per heavy atom. The third kappa shape index (κ3) is 2.66. The van der Waals surface area contributed by atoms with Crippen molar-refractivity contribution in [3.05, 3.63) is 17.5 Å². The van der Waals surface area contributed by atoms with E-state index in [1.54, 1.807) is 0 Å². The lowest BCUT2D eigenvalue weighted by atomic mass is 9.91. The second-order valence-corrected chi connectivity index (χ2v) is 5.44. The van der Waals surface area contributed by atoms with Crippen LogP contribution in [0.1, 0.15) is 30.7 Å². The number of rotatable bonds is 5. The average Bonchev–Trinajstić information content (AvgIpc) is 2.42. The summed E-state index contributed by atoms with van der Waals surface area (Å²) in [5.74, 6) is 0. The van der Waals surface area contributed by atoms with Crippen molar-refractivity contribution in [3.8, 4) is 0 Å². The molecule has 0 amide bonds. The Morgan fingerprint density at radius 1 is 1.56 bits per heavy atom. The van der Waals surface area contributed by atoms with E-state index in [1.165, 1.54) is 25.0 Å². The molecule has 4 heteroatoms. The predicted octanol–water partition coefficient (Wildman–Crippen LogP) is 2.48. The van der Waals surface area contributed by atoms with Crippen molar-refractivity contribution in [1.29, 1.82) is 0 Å². The Labute approximate surface area is 106 Å². The fourth-order valence-corrected chi connectivity index (χ4v) is 2.73. The molecule has 90 valence electrons. The van der Waals surface area contributed by atoms with Gasteiger partial charge in [0.15, 0.2) is 0 Å². The van der Waals surface area contributed by atoms with E-state index < -0.39 is 0 Å². The van der Waals surface area contributed by atoms with Gasteiger partial charge in [0, 0.05) is 31.5 Å². The molecule has 1 aliphatic carbocycles. The van der Waals surface area contributed by atoms with Crippen LogP contribution in [0.4, 0.5) is 0 Å². The van der Waals surface area contributed by atoms with E-state index >= 15 is 0 Å². The van der Waals surface area contributed by atoms with Crippen LogP contribution >= 0.6 is 15.9 Å². The van der Waals surface area contributed by atoms with Crippen molar-refractivity contribution in [3.63, 3.8) is 0 Å². The van der Waals surface area contributed by atoms with Gasteiger partial charge < -0.3 is 0 Å². The Bertz CT molecular complexity index is 344. The van der Waals surface area contributed by atoms with Gasteiger partial charge in [0.25, 0.3) is 0 Å². The van der Waals surface area contributed by atoms with Gasteiger partial charge in [0.05, 0.1) is 11.4 Å². The standard InChI is InChI=1S/C12H20BrN3/c1-10-8-12(15(2)14-10)9-16(7-6-13)11-4-3-5-11/h8,11H,3-7,9H2,1-2H3. The summed E-state index contributed by atoms with van der Waals surface area (Å²) in [6, 6.07) is 2.99. The minimum absolute atomic E-state index is 0.799. The first-order valence-corrected chi connectivity index (χ1v) is 7.12. The first-order chi connectivity index (χ1) is 7.70. The number of hydrogen-bond donors (Lipinski definition) is 0. The Hall–Kier alpha value is -0.350. The molecule has 0 spiro atoms. The summed E-state index contributed by atoms with van der Waals surface area (Å²) in [4.78, 5) is 2.58. The number of hydrogen-bond acceptors (Lipinski definition) is 2. The zero-order valence-electron chi connectivity index (χ0n) is 10.1. The molecule has 3 nitrogen and oxygen atoms in total. The van der Waals surface area contributed by atoms with Crippen molar-refractivity contribution in [2.24, 2.45) is 7.05 Å². The molecule has 1 fully saturated rings. The minimum atomic E-state index is 0.799. The first-order valence-electron chi connectivity index (χ1n) is 6.00. The van der Waals surface area contributed by atoms with Gasteiger partial charge in [0.2, 0.25) is 0 Å². The van der Waals surface area contributed by atoms with Gasteiger partial charge in [-0.1, -0.05) is 22.4 Å². The van der Waals surface area contributed by atoms with E-state index in [9.17, 15) is 0 Å². The van der Waals surface area contributed by atoms with Crippen LogP contribution in [0.2, 0.25) is 0 Å². The van der Waals surface area contributed by atoms with E-state index in [1.807, 2.05) is 11.7 Å². The molecule has 0 aliphatic heterocycles. The second kappa shape index (κ2) is 5.32. The predicted molar refractivity (Wildman–Crippen MR) is 69.8 cm³/mol.